The molecule has 3 N–H and O–H groups in total. The molecule has 0 radical (unpaired) electrons. The quantitative estimate of drug-likeness (QED) is 0.298. The van der Waals surface area contributed by atoms with Crippen LogP contribution in [0.25, 0.3) is 0 Å². The molecule has 0 aromatic rings. The molecule has 0 aliphatic carbocycles. The fourth-order valence-corrected chi connectivity index (χ4v) is 4.10. The summed E-state index contributed by atoms with van der Waals surface area (Å²) in [5, 5.41) is 3.40. The molecule has 0 saturated carbocycles. The van der Waals surface area contributed by atoms with Gasteiger partial charge in [-0.05, 0) is 20.3 Å². The second-order valence-corrected chi connectivity index (χ2v) is 8.75. The van der Waals surface area contributed by atoms with Gasteiger partial charge in [-0.25, -0.2) is 0 Å². The van der Waals surface area contributed by atoms with E-state index in [9.17, 15) is 4.79 Å². The molecule has 1 amide bonds. The minimum Gasteiger partial charge on any atom is -0.382 e. The lowest BCUT2D eigenvalue weighted by Gasteiger charge is -2.23. The molecular weight excluding hydrogens is 336 g/mol. The molecule has 0 spiro atoms. The summed E-state index contributed by atoms with van der Waals surface area (Å²) >= 11 is 0. The van der Waals surface area contributed by atoms with E-state index in [0.717, 1.165) is 25.3 Å². The first-order chi connectivity index (χ1) is 11.0. The second kappa shape index (κ2) is 15.5. The Hall–Kier alpha value is 0.01000. The van der Waals surface area contributed by atoms with Crippen molar-refractivity contribution >= 4 is 27.5 Å². The van der Waals surface area contributed by atoms with E-state index in [2.05, 4.69) is 19.2 Å². The van der Waals surface area contributed by atoms with Crippen LogP contribution in [0.15, 0.2) is 0 Å². The van der Waals surface area contributed by atoms with Gasteiger partial charge >= 0.3 is 0 Å². The van der Waals surface area contributed by atoms with Crippen LogP contribution < -0.4 is 11.1 Å². The van der Waals surface area contributed by atoms with Crippen molar-refractivity contribution in [3.8, 4) is 0 Å². The molecular formula is C15H32N2O4S2. The lowest BCUT2D eigenvalue weighted by Crippen LogP contribution is -2.33. The van der Waals surface area contributed by atoms with Crippen molar-refractivity contribution in [2.45, 2.75) is 31.4 Å². The largest absolute Gasteiger partial charge is 0.382 e. The van der Waals surface area contributed by atoms with Gasteiger partial charge in [-0.1, -0.05) is 21.6 Å². The van der Waals surface area contributed by atoms with Crippen LogP contribution in [0.3, 0.4) is 0 Å². The Balaban J connectivity index is 3.36. The van der Waals surface area contributed by atoms with E-state index in [1.165, 1.54) is 0 Å². The van der Waals surface area contributed by atoms with Crippen molar-refractivity contribution in [3.05, 3.63) is 0 Å². The third-order valence-electron chi connectivity index (χ3n) is 2.71. The molecule has 0 aromatic carbocycles. The molecule has 8 heteroatoms. The standard InChI is InChI=1S/C15H32N2O4S2/c1-15(2,23-22-12-4-5-14(16)18)13-17-6-7-20-10-11-21-9-8-19-3/h17H,4-13H2,1-3H3,(H2,16,18). The summed E-state index contributed by atoms with van der Waals surface area (Å²) in [5.41, 5.74) is 5.12. The molecule has 23 heavy (non-hydrogen) atoms. The fourth-order valence-electron chi connectivity index (χ4n) is 1.53. The van der Waals surface area contributed by atoms with E-state index in [1.54, 1.807) is 17.9 Å². The van der Waals surface area contributed by atoms with E-state index in [1.807, 2.05) is 10.8 Å². The average Bonchev–Trinajstić information content (AvgIpc) is 2.48. The molecule has 0 aliphatic heterocycles. The molecule has 0 unspecified atom stereocenters. The molecule has 0 saturated heterocycles. The third kappa shape index (κ3) is 18.2. The number of rotatable bonds is 17. The summed E-state index contributed by atoms with van der Waals surface area (Å²) in [5.74, 6) is 0.726. The normalized spacial score (nSPS) is 11.8. The number of primary amides is 1. The van der Waals surface area contributed by atoms with Crippen molar-refractivity contribution in [1.82, 2.24) is 5.32 Å². The van der Waals surface area contributed by atoms with Gasteiger partial charge in [0.05, 0.1) is 33.0 Å². The monoisotopic (exact) mass is 368 g/mol. The van der Waals surface area contributed by atoms with Gasteiger partial charge < -0.3 is 25.3 Å². The Kier molecular flexibility index (Phi) is 15.5. The van der Waals surface area contributed by atoms with Crippen LogP contribution in [0.2, 0.25) is 0 Å². The summed E-state index contributed by atoms with van der Waals surface area (Å²) in [6.45, 7) is 9.27. The molecule has 6 nitrogen and oxygen atoms in total. The summed E-state index contributed by atoms with van der Waals surface area (Å²) in [6, 6.07) is 0. The highest BCUT2D eigenvalue weighted by Gasteiger charge is 2.18. The molecule has 0 fully saturated rings. The van der Waals surface area contributed by atoms with Gasteiger partial charge in [0.2, 0.25) is 5.91 Å². The van der Waals surface area contributed by atoms with Crippen LogP contribution in [0.1, 0.15) is 26.7 Å². The molecule has 0 bridgehead atoms. The molecule has 0 rings (SSSR count). The zero-order valence-electron chi connectivity index (χ0n) is 14.6. The van der Waals surface area contributed by atoms with Crippen molar-refractivity contribution < 1.29 is 19.0 Å². The summed E-state index contributed by atoms with van der Waals surface area (Å²) in [6.07, 6.45) is 1.32. The number of nitrogens with two attached hydrogens (primary N) is 1. The van der Waals surface area contributed by atoms with Gasteiger partial charge in [0.1, 0.15) is 0 Å². The number of ether oxygens (including phenoxy) is 3. The van der Waals surface area contributed by atoms with Gasteiger partial charge in [0.25, 0.3) is 0 Å². The molecule has 138 valence electrons. The van der Waals surface area contributed by atoms with Crippen LogP contribution in [0.5, 0.6) is 0 Å². The first-order valence-electron chi connectivity index (χ1n) is 7.92. The highest BCUT2D eigenvalue weighted by molar-refractivity contribution is 8.77. The predicted molar refractivity (Wildman–Crippen MR) is 98.9 cm³/mol. The van der Waals surface area contributed by atoms with E-state index in [0.29, 0.717) is 39.5 Å². The number of hydrogen-bond acceptors (Lipinski definition) is 7. The predicted octanol–water partition coefficient (Wildman–Crippen LogP) is 1.68. The Morgan fingerprint density at radius 1 is 1.13 bits per heavy atom. The first-order valence-corrected chi connectivity index (χ1v) is 10.2. The van der Waals surface area contributed by atoms with Gasteiger partial charge in [0, 0.05) is 37.1 Å². The molecule has 0 atom stereocenters. The summed E-state index contributed by atoms with van der Waals surface area (Å²) in [4.78, 5) is 10.6. The van der Waals surface area contributed by atoms with E-state index >= 15 is 0 Å². The number of hydrogen-bond donors (Lipinski definition) is 2. The summed E-state index contributed by atoms with van der Waals surface area (Å²) in [7, 11) is 5.29. The average molecular weight is 369 g/mol. The lowest BCUT2D eigenvalue weighted by molar-refractivity contribution is -0.118. The Labute approximate surface area is 148 Å². The van der Waals surface area contributed by atoms with E-state index < -0.39 is 0 Å². The zero-order chi connectivity index (χ0) is 17.4. The maximum Gasteiger partial charge on any atom is 0.217 e. The van der Waals surface area contributed by atoms with Crippen LogP contribution in [0.4, 0.5) is 0 Å². The second-order valence-electron chi connectivity index (χ2n) is 5.63. The first kappa shape index (κ1) is 23.0. The highest BCUT2D eigenvalue weighted by Crippen LogP contribution is 2.35. The Morgan fingerprint density at radius 2 is 1.78 bits per heavy atom. The van der Waals surface area contributed by atoms with Crippen molar-refractivity contribution in [2.75, 3.05) is 59.0 Å². The zero-order valence-corrected chi connectivity index (χ0v) is 16.2. The fraction of sp³-hybridized carbons (Fsp3) is 0.933. The Morgan fingerprint density at radius 3 is 2.43 bits per heavy atom. The van der Waals surface area contributed by atoms with Crippen LogP contribution in [-0.4, -0.2) is 69.6 Å². The van der Waals surface area contributed by atoms with Gasteiger partial charge in [-0.15, -0.1) is 0 Å². The molecule has 0 aromatic heterocycles. The van der Waals surface area contributed by atoms with Crippen molar-refractivity contribution in [2.24, 2.45) is 5.73 Å². The van der Waals surface area contributed by atoms with Crippen LogP contribution in [-0.2, 0) is 19.0 Å². The SMILES string of the molecule is COCCOCCOCCNCC(C)(C)SSCCCC(N)=O. The van der Waals surface area contributed by atoms with Crippen LogP contribution >= 0.6 is 21.6 Å². The Bertz CT molecular complexity index is 295. The van der Waals surface area contributed by atoms with Crippen LogP contribution in [0, 0.1) is 0 Å². The number of carbonyl (C=O) groups excluding carboxylic acids is 1. The lowest BCUT2D eigenvalue weighted by atomic mass is 10.2. The maximum absolute atomic E-state index is 10.6. The van der Waals surface area contributed by atoms with Crippen molar-refractivity contribution in [3.63, 3.8) is 0 Å². The van der Waals surface area contributed by atoms with Gasteiger partial charge in [-0.2, -0.15) is 0 Å². The summed E-state index contributed by atoms with van der Waals surface area (Å²) < 4.78 is 15.8. The molecule has 0 aliphatic rings. The molecule has 0 heterocycles. The third-order valence-corrected chi connectivity index (χ3v) is 6.09. The number of carbonyl (C=O) groups is 1. The van der Waals surface area contributed by atoms with Gasteiger partial charge in [0.15, 0.2) is 0 Å². The number of amides is 1. The number of methoxy groups -OCH3 is 1. The maximum atomic E-state index is 10.6. The minimum absolute atomic E-state index is 0.140. The van der Waals surface area contributed by atoms with E-state index in [-0.39, 0.29) is 10.7 Å². The highest BCUT2D eigenvalue weighted by atomic mass is 33.1. The smallest absolute Gasteiger partial charge is 0.217 e. The van der Waals surface area contributed by atoms with Gasteiger partial charge in [-0.3, -0.25) is 4.79 Å². The number of nitrogens with one attached hydrogen (secondary N) is 1. The van der Waals surface area contributed by atoms with Crippen molar-refractivity contribution in [1.29, 1.82) is 0 Å². The minimum atomic E-state index is -0.222. The topological polar surface area (TPSA) is 82.8 Å². The van der Waals surface area contributed by atoms with E-state index in [4.69, 9.17) is 19.9 Å².